The van der Waals surface area contributed by atoms with Gasteiger partial charge in [0.1, 0.15) is 0 Å². The number of hydrogen-bond donors (Lipinski definition) is 2. The van der Waals surface area contributed by atoms with Gasteiger partial charge in [0.15, 0.2) is 0 Å². The summed E-state index contributed by atoms with van der Waals surface area (Å²) >= 11 is 0. The van der Waals surface area contributed by atoms with Crippen LogP contribution in [0.1, 0.15) is 43.7 Å². The number of rotatable bonds is 3. The molecule has 1 aromatic rings. The first-order chi connectivity index (χ1) is 7.70. The summed E-state index contributed by atoms with van der Waals surface area (Å²) < 4.78 is 0. The first-order valence-corrected chi connectivity index (χ1v) is 6.30. The largest absolute Gasteiger partial charge is 0.382 e. The van der Waals surface area contributed by atoms with Crippen LogP contribution in [-0.4, -0.2) is 12.6 Å². The normalized spacial score (nSPS) is 19.4. The van der Waals surface area contributed by atoms with Gasteiger partial charge in [0.25, 0.3) is 0 Å². The van der Waals surface area contributed by atoms with Crippen molar-refractivity contribution in [2.24, 2.45) is 5.73 Å². The third-order valence-corrected chi connectivity index (χ3v) is 3.43. The van der Waals surface area contributed by atoms with Gasteiger partial charge in [-0.15, -0.1) is 0 Å². The molecule has 0 aromatic heterocycles. The van der Waals surface area contributed by atoms with Gasteiger partial charge in [0, 0.05) is 11.7 Å². The zero-order valence-electron chi connectivity index (χ0n) is 10.3. The van der Waals surface area contributed by atoms with Crippen molar-refractivity contribution in [1.82, 2.24) is 0 Å². The summed E-state index contributed by atoms with van der Waals surface area (Å²) in [6, 6.07) is 7.39. The molecule has 0 bridgehead atoms. The minimum atomic E-state index is 0.572. The third kappa shape index (κ3) is 2.38. The molecule has 0 saturated carbocycles. The van der Waals surface area contributed by atoms with E-state index in [9.17, 15) is 0 Å². The Bertz CT molecular complexity index is 358. The summed E-state index contributed by atoms with van der Waals surface area (Å²) in [5.74, 6) is 0.618. The van der Waals surface area contributed by atoms with Crippen molar-refractivity contribution < 1.29 is 0 Å². The molecule has 88 valence electrons. The van der Waals surface area contributed by atoms with Gasteiger partial charge < -0.3 is 11.1 Å². The fraction of sp³-hybridized carbons (Fsp3) is 0.571. The number of benzene rings is 1. The Morgan fingerprint density at radius 2 is 2.25 bits per heavy atom. The Balaban J connectivity index is 2.15. The predicted molar refractivity (Wildman–Crippen MR) is 69.9 cm³/mol. The topological polar surface area (TPSA) is 38.0 Å². The van der Waals surface area contributed by atoms with E-state index in [1.807, 2.05) is 0 Å². The zero-order valence-corrected chi connectivity index (χ0v) is 10.3. The van der Waals surface area contributed by atoms with E-state index >= 15 is 0 Å². The number of nitrogens with one attached hydrogen (secondary N) is 1. The number of fused-ring (bicyclic) bond motifs is 1. The summed E-state index contributed by atoms with van der Waals surface area (Å²) in [5.41, 5.74) is 9.83. The van der Waals surface area contributed by atoms with Gasteiger partial charge in [-0.1, -0.05) is 26.0 Å². The molecule has 1 aliphatic heterocycles. The molecule has 1 heterocycles. The van der Waals surface area contributed by atoms with Crippen LogP contribution in [0, 0.1) is 0 Å². The van der Waals surface area contributed by atoms with E-state index in [0.717, 1.165) is 13.0 Å². The third-order valence-electron chi connectivity index (χ3n) is 3.43. The average molecular weight is 218 g/mol. The summed E-state index contributed by atoms with van der Waals surface area (Å²) in [4.78, 5) is 0. The molecule has 0 radical (unpaired) electrons. The number of hydrogen-bond acceptors (Lipinski definition) is 2. The van der Waals surface area contributed by atoms with Gasteiger partial charge in [0.2, 0.25) is 0 Å². The predicted octanol–water partition coefficient (Wildman–Crippen LogP) is 2.89. The highest BCUT2D eigenvalue weighted by atomic mass is 14.9. The first kappa shape index (κ1) is 11.5. The SMILES string of the molecule is CC(C)c1ccc2c(c1)CCC(CCN)N2. The molecule has 1 atom stereocenters. The van der Waals surface area contributed by atoms with Gasteiger partial charge in [-0.25, -0.2) is 0 Å². The van der Waals surface area contributed by atoms with E-state index in [4.69, 9.17) is 5.73 Å². The lowest BCUT2D eigenvalue weighted by Gasteiger charge is -2.27. The molecule has 1 aliphatic rings. The standard InChI is InChI=1S/C14H22N2/c1-10(2)11-4-6-14-12(9-11)3-5-13(16-14)7-8-15/h4,6,9-10,13,16H,3,5,7-8,15H2,1-2H3. The highest BCUT2D eigenvalue weighted by Gasteiger charge is 2.17. The van der Waals surface area contributed by atoms with Crippen LogP contribution < -0.4 is 11.1 Å². The Hall–Kier alpha value is -1.02. The van der Waals surface area contributed by atoms with Crippen LogP contribution in [0.15, 0.2) is 18.2 Å². The molecule has 0 aliphatic carbocycles. The van der Waals surface area contributed by atoms with Crippen LogP contribution in [0.5, 0.6) is 0 Å². The van der Waals surface area contributed by atoms with Crippen molar-refractivity contribution in [3.63, 3.8) is 0 Å². The van der Waals surface area contributed by atoms with Crippen molar-refractivity contribution >= 4 is 5.69 Å². The molecule has 16 heavy (non-hydrogen) atoms. The van der Waals surface area contributed by atoms with E-state index in [-0.39, 0.29) is 0 Å². The second-order valence-corrected chi connectivity index (χ2v) is 5.03. The zero-order chi connectivity index (χ0) is 11.5. The monoisotopic (exact) mass is 218 g/mol. The molecule has 1 unspecified atom stereocenters. The summed E-state index contributed by atoms with van der Waals surface area (Å²) in [6.45, 7) is 5.27. The summed E-state index contributed by atoms with van der Waals surface area (Å²) in [6.07, 6.45) is 3.48. The molecule has 3 N–H and O–H groups in total. The Labute approximate surface area is 98.2 Å². The number of aryl methyl sites for hydroxylation is 1. The van der Waals surface area contributed by atoms with Crippen molar-refractivity contribution in [3.05, 3.63) is 29.3 Å². The maximum Gasteiger partial charge on any atom is 0.0375 e. The van der Waals surface area contributed by atoms with Crippen LogP contribution >= 0.6 is 0 Å². The quantitative estimate of drug-likeness (QED) is 0.818. The van der Waals surface area contributed by atoms with Crippen LogP contribution in [-0.2, 0) is 6.42 Å². The molecule has 0 fully saturated rings. The van der Waals surface area contributed by atoms with E-state index in [2.05, 4.69) is 37.4 Å². The smallest absolute Gasteiger partial charge is 0.0375 e. The van der Waals surface area contributed by atoms with Crippen LogP contribution in [0.25, 0.3) is 0 Å². The molecule has 2 heteroatoms. The summed E-state index contributed by atoms with van der Waals surface area (Å²) in [5, 5.41) is 3.58. The maximum atomic E-state index is 5.60. The molecule has 0 amide bonds. The second kappa shape index (κ2) is 4.88. The highest BCUT2D eigenvalue weighted by molar-refractivity contribution is 5.55. The maximum absolute atomic E-state index is 5.60. The van der Waals surface area contributed by atoms with E-state index < -0.39 is 0 Å². The van der Waals surface area contributed by atoms with E-state index in [0.29, 0.717) is 12.0 Å². The Morgan fingerprint density at radius 3 is 2.94 bits per heavy atom. The lowest BCUT2D eigenvalue weighted by molar-refractivity contribution is 0.593. The molecular weight excluding hydrogens is 196 g/mol. The highest BCUT2D eigenvalue weighted by Crippen LogP contribution is 2.28. The van der Waals surface area contributed by atoms with Crippen LogP contribution in [0.2, 0.25) is 0 Å². The van der Waals surface area contributed by atoms with Crippen molar-refractivity contribution in [3.8, 4) is 0 Å². The minimum Gasteiger partial charge on any atom is -0.382 e. The van der Waals surface area contributed by atoms with Crippen LogP contribution in [0.4, 0.5) is 5.69 Å². The number of anilines is 1. The van der Waals surface area contributed by atoms with Crippen molar-refractivity contribution in [2.75, 3.05) is 11.9 Å². The second-order valence-electron chi connectivity index (χ2n) is 5.03. The van der Waals surface area contributed by atoms with Gasteiger partial charge in [-0.2, -0.15) is 0 Å². The van der Waals surface area contributed by atoms with Gasteiger partial charge >= 0.3 is 0 Å². The minimum absolute atomic E-state index is 0.572. The van der Waals surface area contributed by atoms with Crippen molar-refractivity contribution in [1.29, 1.82) is 0 Å². The fourth-order valence-corrected chi connectivity index (χ4v) is 2.36. The number of nitrogens with two attached hydrogens (primary N) is 1. The molecule has 0 saturated heterocycles. The lowest BCUT2D eigenvalue weighted by Crippen LogP contribution is -2.27. The average Bonchev–Trinajstić information content (AvgIpc) is 2.28. The molecule has 1 aromatic carbocycles. The van der Waals surface area contributed by atoms with Crippen molar-refractivity contribution in [2.45, 2.75) is 45.1 Å². The van der Waals surface area contributed by atoms with E-state index in [1.165, 1.54) is 29.7 Å². The first-order valence-electron chi connectivity index (χ1n) is 6.30. The lowest BCUT2D eigenvalue weighted by atomic mass is 9.92. The molecular formula is C14H22N2. The van der Waals surface area contributed by atoms with Gasteiger partial charge in [0.05, 0.1) is 0 Å². The summed E-state index contributed by atoms with van der Waals surface area (Å²) in [7, 11) is 0. The van der Waals surface area contributed by atoms with Gasteiger partial charge in [-0.3, -0.25) is 0 Å². The molecule has 0 spiro atoms. The Kier molecular flexibility index (Phi) is 3.49. The Morgan fingerprint density at radius 1 is 1.44 bits per heavy atom. The van der Waals surface area contributed by atoms with Crippen LogP contribution in [0.3, 0.4) is 0 Å². The molecule has 2 rings (SSSR count). The molecule has 2 nitrogen and oxygen atoms in total. The fourth-order valence-electron chi connectivity index (χ4n) is 2.36. The van der Waals surface area contributed by atoms with Gasteiger partial charge in [-0.05, 0) is 48.9 Å². The van der Waals surface area contributed by atoms with E-state index in [1.54, 1.807) is 0 Å².